The molecule has 0 saturated heterocycles. The molecule has 3 aromatic rings. The molecule has 1 aromatic heterocycles. The van der Waals surface area contributed by atoms with Crippen molar-refractivity contribution < 1.29 is 10.0 Å². The van der Waals surface area contributed by atoms with Crippen LogP contribution in [0.2, 0.25) is 0 Å². The Kier molecular flexibility index (Phi) is 2.21. The molecule has 2 aromatic carbocycles. The molecular weight excluding hydrogens is 219 g/mol. The highest BCUT2D eigenvalue weighted by atomic mass is 32.1. The van der Waals surface area contributed by atoms with E-state index in [9.17, 15) is 0 Å². The third-order valence-electron chi connectivity index (χ3n) is 2.76. The second-order valence-corrected chi connectivity index (χ2v) is 4.67. The van der Waals surface area contributed by atoms with Crippen molar-refractivity contribution in [1.29, 1.82) is 0 Å². The van der Waals surface area contributed by atoms with Crippen LogP contribution < -0.4 is 5.46 Å². The zero-order valence-electron chi connectivity index (χ0n) is 8.42. The van der Waals surface area contributed by atoms with Gasteiger partial charge in [0.15, 0.2) is 0 Å². The molecule has 78 valence electrons. The third-order valence-corrected chi connectivity index (χ3v) is 3.72. The lowest BCUT2D eigenvalue weighted by molar-refractivity contribution is 0.426. The van der Waals surface area contributed by atoms with Crippen molar-refractivity contribution in [2.75, 3.05) is 0 Å². The van der Waals surface area contributed by atoms with E-state index >= 15 is 0 Å². The number of hydrogen-bond acceptors (Lipinski definition) is 3. The van der Waals surface area contributed by atoms with Gasteiger partial charge in [0.05, 0.1) is 0 Å². The summed E-state index contributed by atoms with van der Waals surface area (Å²) in [4.78, 5) is 0. The first-order valence-corrected chi connectivity index (χ1v) is 5.90. The van der Waals surface area contributed by atoms with E-state index in [1.165, 1.54) is 10.1 Å². The van der Waals surface area contributed by atoms with Crippen molar-refractivity contribution in [3.05, 3.63) is 41.8 Å². The quantitative estimate of drug-likeness (QED) is 0.622. The molecule has 16 heavy (non-hydrogen) atoms. The maximum absolute atomic E-state index is 9.11. The molecule has 0 fully saturated rings. The first-order chi connectivity index (χ1) is 7.75. The molecule has 3 rings (SSSR count). The SMILES string of the molecule is OB(O)c1ccc2c(ccc3ccsc32)c1. The van der Waals surface area contributed by atoms with Crippen LogP contribution in [0.3, 0.4) is 0 Å². The molecule has 2 N–H and O–H groups in total. The second kappa shape index (κ2) is 3.59. The number of benzene rings is 2. The number of thiophene rings is 1. The minimum Gasteiger partial charge on any atom is -0.423 e. The number of rotatable bonds is 1. The Labute approximate surface area is 96.9 Å². The third kappa shape index (κ3) is 1.43. The summed E-state index contributed by atoms with van der Waals surface area (Å²) in [6.07, 6.45) is 0. The van der Waals surface area contributed by atoms with Crippen LogP contribution in [0.1, 0.15) is 0 Å². The fourth-order valence-corrected chi connectivity index (χ4v) is 2.87. The molecule has 0 atom stereocenters. The first kappa shape index (κ1) is 9.84. The molecule has 0 saturated carbocycles. The zero-order chi connectivity index (χ0) is 11.1. The fourth-order valence-electron chi connectivity index (χ4n) is 1.94. The monoisotopic (exact) mass is 228 g/mol. The highest BCUT2D eigenvalue weighted by Gasteiger charge is 2.11. The summed E-state index contributed by atoms with van der Waals surface area (Å²) in [7, 11) is -1.40. The average molecular weight is 228 g/mol. The largest absolute Gasteiger partial charge is 0.488 e. The minimum atomic E-state index is -1.40. The standard InChI is InChI=1S/C12H9BO2S/c14-13(15)10-3-4-11-9(7-10)2-1-8-5-6-16-12(8)11/h1-7,14-15H. The summed E-state index contributed by atoms with van der Waals surface area (Å²) in [5.41, 5.74) is 0.531. The van der Waals surface area contributed by atoms with E-state index in [-0.39, 0.29) is 0 Å². The Hall–Kier alpha value is -1.36. The second-order valence-electron chi connectivity index (χ2n) is 3.76. The van der Waals surface area contributed by atoms with Crippen molar-refractivity contribution in [1.82, 2.24) is 0 Å². The van der Waals surface area contributed by atoms with Gasteiger partial charge >= 0.3 is 7.12 Å². The lowest BCUT2D eigenvalue weighted by Crippen LogP contribution is -2.29. The van der Waals surface area contributed by atoms with Gasteiger partial charge in [0.25, 0.3) is 0 Å². The van der Waals surface area contributed by atoms with Crippen molar-refractivity contribution in [3.8, 4) is 0 Å². The summed E-state index contributed by atoms with van der Waals surface area (Å²) in [6, 6.07) is 11.7. The topological polar surface area (TPSA) is 40.5 Å². The first-order valence-electron chi connectivity index (χ1n) is 5.02. The highest BCUT2D eigenvalue weighted by Crippen LogP contribution is 2.28. The van der Waals surface area contributed by atoms with Crippen LogP contribution in [0.25, 0.3) is 20.9 Å². The maximum atomic E-state index is 9.11. The van der Waals surface area contributed by atoms with Gasteiger partial charge in [-0.25, -0.2) is 0 Å². The fraction of sp³-hybridized carbons (Fsp3) is 0. The average Bonchev–Trinajstić information content (AvgIpc) is 2.76. The van der Waals surface area contributed by atoms with Gasteiger partial charge in [-0.1, -0.05) is 30.3 Å². The van der Waals surface area contributed by atoms with Crippen LogP contribution in [0.15, 0.2) is 41.8 Å². The summed E-state index contributed by atoms with van der Waals surface area (Å²) < 4.78 is 1.25. The lowest BCUT2D eigenvalue weighted by Gasteiger charge is -2.03. The van der Waals surface area contributed by atoms with Gasteiger partial charge in [0.1, 0.15) is 0 Å². The minimum absolute atomic E-state index is 0.531. The highest BCUT2D eigenvalue weighted by molar-refractivity contribution is 7.18. The zero-order valence-corrected chi connectivity index (χ0v) is 9.24. The van der Waals surface area contributed by atoms with Crippen molar-refractivity contribution in [3.63, 3.8) is 0 Å². The normalized spacial score (nSPS) is 11.1. The molecule has 0 aliphatic heterocycles. The molecule has 2 nitrogen and oxygen atoms in total. The van der Waals surface area contributed by atoms with E-state index in [0.717, 1.165) is 10.8 Å². The van der Waals surface area contributed by atoms with Crippen LogP contribution in [0.4, 0.5) is 0 Å². The maximum Gasteiger partial charge on any atom is 0.488 e. The van der Waals surface area contributed by atoms with Crippen molar-refractivity contribution in [2.24, 2.45) is 0 Å². The molecule has 0 bridgehead atoms. The predicted octanol–water partition coefficient (Wildman–Crippen LogP) is 1.73. The van der Waals surface area contributed by atoms with Crippen molar-refractivity contribution in [2.45, 2.75) is 0 Å². The predicted molar refractivity (Wildman–Crippen MR) is 69.2 cm³/mol. The van der Waals surface area contributed by atoms with Crippen LogP contribution >= 0.6 is 11.3 Å². The van der Waals surface area contributed by atoms with E-state index < -0.39 is 7.12 Å². The molecule has 1 heterocycles. The Morgan fingerprint density at radius 1 is 0.938 bits per heavy atom. The Bertz CT molecular complexity index is 660. The molecule has 0 aliphatic rings. The van der Waals surface area contributed by atoms with Gasteiger partial charge < -0.3 is 10.0 Å². The summed E-state index contributed by atoms with van der Waals surface area (Å²) >= 11 is 1.71. The molecule has 0 unspecified atom stereocenters. The molecule has 0 amide bonds. The Balaban J connectivity index is 2.37. The van der Waals surface area contributed by atoms with Gasteiger partial charge in [0.2, 0.25) is 0 Å². The molecule has 0 aliphatic carbocycles. The summed E-state index contributed by atoms with van der Waals surface area (Å²) in [6.45, 7) is 0. The van der Waals surface area contributed by atoms with Crippen LogP contribution in [-0.4, -0.2) is 17.2 Å². The van der Waals surface area contributed by atoms with Crippen molar-refractivity contribution >= 4 is 44.8 Å². The molecular formula is C12H9BO2S. The smallest absolute Gasteiger partial charge is 0.423 e. The summed E-state index contributed by atoms with van der Waals surface area (Å²) in [5.74, 6) is 0. The Morgan fingerprint density at radius 3 is 2.56 bits per heavy atom. The lowest BCUT2D eigenvalue weighted by atomic mass is 9.79. The van der Waals surface area contributed by atoms with Crippen LogP contribution in [-0.2, 0) is 0 Å². The van der Waals surface area contributed by atoms with Gasteiger partial charge in [-0.3, -0.25) is 0 Å². The number of hydrogen-bond donors (Lipinski definition) is 2. The molecule has 4 heteroatoms. The van der Waals surface area contributed by atoms with Gasteiger partial charge in [-0.2, -0.15) is 0 Å². The van der Waals surface area contributed by atoms with E-state index in [4.69, 9.17) is 10.0 Å². The summed E-state index contributed by atoms with van der Waals surface area (Å²) in [5, 5.41) is 23.7. The Morgan fingerprint density at radius 2 is 1.75 bits per heavy atom. The van der Waals surface area contributed by atoms with Crippen LogP contribution in [0.5, 0.6) is 0 Å². The van der Waals surface area contributed by atoms with E-state index in [1.54, 1.807) is 17.4 Å². The van der Waals surface area contributed by atoms with Gasteiger partial charge in [0, 0.05) is 4.70 Å². The van der Waals surface area contributed by atoms with E-state index in [1.807, 2.05) is 18.2 Å². The van der Waals surface area contributed by atoms with E-state index in [2.05, 4.69) is 17.5 Å². The number of fused-ring (bicyclic) bond motifs is 3. The molecule has 0 spiro atoms. The van der Waals surface area contributed by atoms with Gasteiger partial charge in [-0.05, 0) is 33.1 Å². The van der Waals surface area contributed by atoms with E-state index in [0.29, 0.717) is 5.46 Å². The van der Waals surface area contributed by atoms with Crippen LogP contribution in [0, 0.1) is 0 Å². The molecule has 0 radical (unpaired) electrons. The van der Waals surface area contributed by atoms with Gasteiger partial charge in [-0.15, -0.1) is 11.3 Å².